The first-order valence-electron chi connectivity index (χ1n) is 10.8. The van der Waals surface area contributed by atoms with Gasteiger partial charge in [0.2, 0.25) is 0 Å². The van der Waals surface area contributed by atoms with E-state index in [2.05, 4.69) is 10.6 Å². The Balaban J connectivity index is 1.28. The van der Waals surface area contributed by atoms with Gasteiger partial charge in [-0.2, -0.15) is 0 Å². The number of aryl methyl sites for hydroxylation is 1. The summed E-state index contributed by atoms with van der Waals surface area (Å²) in [6.45, 7) is 1.35. The van der Waals surface area contributed by atoms with E-state index in [1.807, 2.05) is 78.7 Å². The van der Waals surface area contributed by atoms with Crippen LogP contribution in [-0.2, 0) is 7.05 Å². The van der Waals surface area contributed by atoms with Gasteiger partial charge in [0.15, 0.2) is 0 Å². The van der Waals surface area contributed by atoms with E-state index in [4.69, 9.17) is 21.3 Å². The van der Waals surface area contributed by atoms with Gasteiger partial charge in [-0.3, -0.25) is 4.79 Å². The summed E-state index contributed by atoms with van der Waals surface area (Å²) in [5.74, 6) is 1.72. The van der Waals surface area contributed by atoms with Crippen molar-refractivity contribution in [3.05, 3.63) is 83.4 Å². The zero-order chi connectivity index (χ0) is 22.1. The zero-order valence-corrected chi connectivity index (χ0v) is 18.6. The first-order valence-corrected chi connectivity index (χ1v) is 11.2. The van der Waals surface area contributed by atoms with Crippen LogP contribution in [0.25, 0.3) is 22.4 Å². The molecule has 0 aliphatic carbocycles. The van der Waals surface area contributed by atoms with Crippen LogP contribution in [0.5, 0.6) is 5.75 Å². The monoisotopic (exact) mass is 445 g/mol. The summed E-state index contributed by atoms with van der Waals surface area (Å²) in [6, 6.07) is 23.2. The predicted molar refractivity (Wildman–Crippen MR) is 127 cm³/mol. The van der Waals surface area contributed by atoms with E-state index in [1.54, 1.807) is 0 Å². The molecule has 0 atom stereocenters. The molecule has 32 heavy (non-hydrogen) atoms. The highest BCUT2D eigenvalue weighted by Gasteiger charge is 2.25. The number of imidazole rings is 1. The summed E-state index contributed by atoms with van der Waals surface area (Å²) < 4.78 is 8.12. The number of para-hydroxylation sites is 2. The van der Waals surface area contributed by atoms with Crippen LogP contribution in [0.4, 0.5) is 0 Å². The van der Waals surface area contributed by atoms with Crippen LogP contribution < -0.4 is 4.74 Å². The molecule has 1 amide bonds. The molecule has 1 fully saturated rings. The van der Waals surface area contributed by atoms with Gasteiger partial charge in [-0.15, -0.1) is 0 Å². The largest absolute Gasteiger partial charge is 0.490 e. The van der Waals surface area contributed by atoms with Crippen molar-refractivity contribution in [2.75, 3.05) is 13.1 Å². The summed E-state index contributed by atoms with van der Waals surface area (Å²) in [4.78, 5) is 19.9. The highest BCUT2D eigenvalue weighted by molar-refractivity contribution is 6.30. The molecule has 0 saturated carbocycles. The summed E-state index contributed by atoms with van der Waals surface area (Å²) in [5, 5.41) is 0.693. The Morgan fingerprint density at radius 2 is 1.75 bits per heavy atom. The van der Waals surface area contributed by atoms with E-state index < -0.39 is 0 Å². The van der Waals surface area contributed by atoms with Crippen molar-refractivity contribution >= 4 is 28.5 Å². The number of benzene rings is 3. The molecule has 0 spiro atoms. The maximum Gasteiger partial charge on any atom is 0.253 e. The van der Waals surface area contributed by atoms with Crippen molar-refractivity contribution in [3.63, 3.8) is 0 Å². The first-order chi connectivity index (χ1) is 15.6. The molecule has 0 unspecified atom stereocenters. The highest BCUT2D eigenvalue weighted by Crippen LogP contribution is 2.26. The number of rotatable bonds is 4. The number of ether oxygens (including phenoxy) is 1. The number of halogens is 1. The lowest BCUT2D eigenvalue weighted by Gasteiger charge is -2.32. The number of aromatic nitrogens is 2. The molecule has 1 saturated heterocycles. The Bertz CT molecular complexity index is 1260. The minimum Gasteiger partial charge on any atom is -0.490 e. The number of carbonyl (C=O) groups is 1. The SMILES string of the molecule is Cn1c(-c2cccc(C(=O)N3CCC(Oc4ccc(Cl)cc4)CC3)c2)nc2ccccc21. The van der Waals surface area contributed by atoms with Gasteiger partial charge in [-0.05, 0) is 48.5 Å². The minimum absolute atomic E-state index is 0.0514. The molecule has 0 radical (unpaired) electrons. The molecular weight excluding hydrogens is 422 g/mol. The van der Waals surface area contributed by atoms with E-state index in [0.29, 0.717) is 23.7 Å². The molecular formula is C26H24ClN3O2. The van der Waals surface area contributed by atoms with Crippen molar-refractivity contribution in [1.82, 2.24) is 14.5 Å². The van der Waals surface area contributed by atoms with E-state index in [0.717, 1.165) is 41.0 Å². The molecule has 162 valence electrons. The van der Waals surface area contributed by atoms with Gasteiger partial charge in [-0.1, -0.05) is 35.9 Å². The van der Waals surface area contributed by atoms with Crippen molar-refractivity contribution < 1.29 is 9.53 Å². The van der Waals surface area contributed by atoms with Gasteiger partial charge in [0.25, 0.3) is 5.91 Å². The molecule has 1 aliphatic heterocycles. The third-order valence-electron chi connectivity index (χ3n) is 6.00. The Morgan fingerprint density at radius 3 is 2.50 bits per heavy atom. The number of fused-ring (bicyclic) bond motifs is 1. The van der Waals surface area contributed by atoms with Gasteiger partial charge in [0.1, 0.15) is 17.7 Å². The fourth-order valence-corrected chi connectivity index (χ4v) is 4.39. The van der Waals surface area contributed by atoms with Crippen LogP contribution in [0.3, 0.4) is 0 Å². The molecule has 2 heterocycles. The van der Waals surface area contributed by atoms with E-state index in [9.17, 15) is 4.79 Å². The number of amides is 1. The van der Waals surface area contributed by atoms with Gasteiger partial charge >= 0.3 is 0 Å². The Labute approximate surface area is 192 Å². The van der Waals surface area contributed by atoms with Gasteiger partial charge in [0.05, 0.1) is 11.0 Å². The quantitative estimate of drug-likeness (QED) is 0.412. The molecule has 6 heteroatoms. The smallest absolute Gasteiger partial charge is 0.253 e. The summed E-state index contributed by atoms with van der Waals surface area (Å²) >= 11 is 5.94. The lowest BCUT2D eigenvalue weighted by Crippen LogP contribution is -2.41. The average molecular weight is 446 g/mol. The second-order valence-electron chi connectivity index (χ2n) is 8.13. The lowest BCUT2D eigenvalue weighted by atomic mass is 10.0. The van der Waals surface area contributed by atoms with Crippen LogP contribution >= 0.6 is 11.6 Å². The number of nitrogens with zero attached hydrogens (tertiary/aromatic N) is 3. The Morgan fingerprint density at radius 1 is 1.00 bits per heavy atom. The van der Waals surface area contributed by atoms with Crippen LogP contribution in [-0.4, -0.2) is 39.6 Å². The summed E-state index contributed by atoms with van der Waals surface area (Å²) in [7, 11) is 2.00. The molecule has 1 aliphatic rings. The third kappa shape index (κ3) is 4.08. The molecule has 0 N–H and O–H groups in total. The lowest BCUT2D eigenvalue weighted by molar-refractivity contribution is 0.0595. The number of piperidine rings is 1. The van der Waals surface area contributed by atoms with E-state index >= 15 is 0 Å². The van der Waals surface area contributed by atoms with Crippen LogP contribution in [0.15, 0.2) is 72.8 Å². The number of likely N-dealkylation sites (tertiary alicyclic amines) is 1. The Kier molecular flexibility index (Phi) is 5.58. The standard InChI is InChI=1S/C26H24ClN3O2/c1-29-24-8-3-2-7-23(24)28-25(29)18-5-4-6-19(17-18)26(31)30-15-13-22(14-16-30)32-21-11-9-20(27)10-12-21/h2-12,17,22H,13-16H2,1H3. The Hall–Kier alpha value is -3.31. The van der Waals surface area contributed by atoms with E-state index in [1.165, 1.54) is 0 Å². The van der Waals surface area contributed by atoms with Crippen LogP contribution in [0.2, 0.25) is 5.02 Å². The average Bonchev–Trinajstić information content (AvgIpc) is 3.17. The molecule has 0 bridgehead atoms. The number of hydrogen-bond acceptors (Lipinski definition) is 3. The summed E-state index contributed by atoms with van der Waals surface area (Å²) in [6.07, 6.45) is 1.71. The van der Waals surface area contributed by atoms with Crippen molar-refractivity contribution in [2.24, 2.45) is 7.05 Å². The molecule has 4 aromatic rings. The van der Waals surface area contributed by atoms with Gasteiger partial charge in [-0.25, -0.2) is 4.98 Å². The zero-order valence-electron chi connectivity index (χ0n) is 17.9. The number of hydrogen-bond donors (Lipinski definition) is 0. The van der Waals surface area contributed by atoms with Crippen molar-refractivity contribution in [2.45, 2.75) is 18.9 Å². The highest BCUT2D eigenvalue weighted by atomic mass is 35.5. The molecule has 3 aromatic carbocycles. The fourth-order valence-electron chi connectivity index (χ4n) is 4.26. The molecule has 1 aromatic heterocycles. The normalized spacial score (nSPS) is 14.6. The number of carbonyl (C=O) groups excluding carboxylic acids is 1. The van der Waals surface area contributed by atoms with Crippen molar-refractivity contribution in [1.29, 1.82) is 0 Å². The maximum absolute atomic E-state index is 13.2. The predicted octanol–water partition coefficient (Wildman–Crippen LogP) is 5.58. The van der Waals surface area contributed by atoms with E-state index in [-0.39, 0.29) is 12.0 Å². The summed E-state index contributed by atoms with van der Waals surface area (Å²) in [5.41, 5.74) is 3.65. The second kappa shape index (κ2) is 8.67. The fraction of sp³-hybridized carbons (Fsp3) is 0.231. The van der Waals surface area contributed by atoms with Gasteiger partial charge < -0.3 is 14.2 Å². The van der Waals surface area contributed by atoms with Crippen LogP contribution in [0, 0.1) is 0 Å². The first kappa shape index (κ1) is 20.6. The van der Waals surface area contributed by atoms with Crippen molar-refractivity contribution in [3.8, 4) is 17.1 Å². The topological polar surface area (TPSA) is 47.4 Å². The van der Waals surface area contributed by atoms with Gasteiger partial charge in [0, 0.05) is 49.1 Å². The second-order valence-corrected chi connectivity index (χ2v) is 8.56. The molecule has 5 rings (SSSR count). The maximum atomic E-state index is 13.2. The third-order valence-corrected chi connectivity index (χ3v) is 6.25. The minimum atomic E-state index is 0.0514. The molecule has 5 nitrogen and oxygen atoms in total. The van der Waals surface area contributed by atoms with Crippen LogP contribution in [0.1, 0.15) is 23.2 Å².